The standard InChI is InChI=1S/C19H18O3/c1-13(22-19(21)15-6-3-2-4-7-15)18(20)17-11-10-14-8-5-9-16(14)12-17/h2-4,6-7,10-13H,5,8-9H2,1H3. The molecule has 1 unspecified atom stereocenters. The van der Waals surface area contributed by atoms with Gasteiger partial charge in [-0.1, -0.05) is 30.3 Å². The molecule has 0 radical (unpaired) electrons. The largest absolute Gasteiger partial charge is 0.451 e. The highest BCUT2D eigenvalue weighted by atomic mass is 16.5. The van der Waals surface area contributed by atoms with Gasteiger partial charge in [-0.25, -0.2) is 4.79 Å². The normalized spacial score (nSPS) is 14.2. The minimum absolute atomic E-state index is 0.154. The monoisotopic (exact) mass is 294 g/mol. The maximum Gasteiger partial charge on any atom is 0.338 e. The molecular formula is C19H18O3. The van der Waals surface area contributed by atoms with Gasteiger partial charge in [0, 0.05) is 5.56 Å². The van der Waals surface area contributed by atoms with Crippen LogP contribution in [0, 0.1) is 0 Å². The number of aryl methyl sites for hydroxylation is 2. The first-order valence-electron chi connectivity index (χ1n) is 7.57. The number of hydrogen-bond donors (Lipinski definition) is 0. The van der Waals surface area contributed by atoms with Crippen LogP contribution in [0.5, 0.6) is 0 Å². The molecule has 3 heteroatoms. The summed E-state index contributed by atoms with van der Waals surface area (Å²) in [5, 5.41) is 0. The van der Waals surface area contributed by atoms with Crippen LogP contribution in [-0.4, -0.2) is 17.9 Å². The highest BCUT2D eigenvalue weighted by Crippen LogP contribution is 2.23. The first-order chi connectivity index (χ1) is 10.6. The predicted octanol–water partition coefficient (Wildman–Crippen LogP) is 3.60. The van der Waals surface area contributed by atoms with Gasteiger partial charge in [-0.2, -0.15) is 0 Å². The van der Waals surface area contributed by atoms with E-state index >= 15 is 0 Å². The Morgan fingerprint density at radius 3 is 2.45 bits per heavy atom. The lowest BCUT2D eigenvalue weighted by atomic mass is 10.0. The van der Waals surface area contributed by atoms with Gasteiger partial charge < -0.3 is 4.74 Å². The second-order valence-corrected chi connectivity index (χ2v) is 5.61. The number of carbonyl (C=O) groups is 2. The van der Waals surface area contributed by atoms with Crippen molar-refractivity contribution < 1.29 is 14.3 Å². The average molecular weight is 294 g/mol. The SMILES string of the molecule is CC(OC(=O)c1ccccc1)C(=O)c1ccc2c(c1)CCC2. The Morgan fingerprint density at radius 1 is 0.955 bits per heavy atom. The van der Waals surface area contributed by atoms with Crippen LogP contribution in [0.2, 0.25) is 0 Å². The predicted molar refractivity (Wildman–Crippen MR) is 84.1 cm³/mol. The van der Waals surface area contributed by atoms with E-state index < -0.39 is 12.1 Å². The topological polar surface area (TPSA) is 43.4 Å². The molecule has 3 rings (SSSR count). The molecule has 0 amide bonds. The van der Waals surface area contributed by atoms with Crippen LogP contribution in [0.4, 0.5) is 0 Å². The van der Waals surface area contributed by atoms with E-state index in [0.717, 1.165) is 19.3 Å². The zero-order valence-electron chi connectivity index (χ0n) is 12.5. The third kappa shape index (κ3) is 2.93. The number of ketones is 1. The Hall–Kier alpha value is -2.42. The number of fused-ring (bicyclic) bond motifs is 1. The van der Waals surface area contributed by atoms with E-state index in [1.807, 2.05) is 24.3 Å². The lowest BCUT2D eigenvalue weighted by Crippen LogP contribution is -2.24. The Balaban J connectivity index is 1.71. The highest BCUT2D eigenvalue weighted by Gasteiger charge is 2.22. The van der Waals surface area contributed by atoms with E-state index in [4.69, 9.17) is 4.74 Å². The van der Waals surface area contributed by atoms with E-state index in [1.165, 1.54) is 11.1 Å². The molecule has 0 fully saturated rings. The second kappa shape index (κ2) is 6.14. The number of esters is 1. The number of Topliss-reactive ketones (excluding diaryl/α,β-unsaturated/α-hetero) is 1. The highest BCUT2D eigenvalue weighted by molar-refractivity contribution is 6.01. The molecule has 0 aromatic heterocycles. The Kier molecular flexibility index (Phi) is 4.05. The van der Waals surface area contributed by atoms with Crippen molar-refractivity contribution >= 4 is 11.8 Å². The van der Waals surface area contributed by atoms with Crippen LogP contribution < -0.4 is 0 Å². The summed E-state index contributed by atoms with van der Waals surface area (Å²) in [6, 6.07) is 14.5. The van der Waals surface area contributed by atoms with Gasteiger partial charge in [0.15, 0.2) is 6.10 Å². The van der Waals surface area contributed by atoms with Gasteiger partial charge in [0.2, 0.25) is 5.78 Å². The molecule has 0 saturated heterocycles. The van der Waals surface area contributed by atoms with E-state index in [0.29, 0.717) is 11.1 Å². The fourth-order valence-corrected chi connectivity index (χ4v) is 2.82. The maximum absolute atomic E-state index is 12.4. The van der Waals surface area contributed by atoms with E-state index in [2.05, 4.69) is 0 Å². The summed E-state index contributed by atoms with van der Waals surface area (Å²) in [5.41, 5.74) is 3.64. The Bertz CT molecular complexity index is 704. The Labute approximate surface area is 129 Å². The number of benzene rings is 2. The summed E-state index contributed by atoms with van der Waals surface area (Å²) in [5.74, 6) is -0.624. The molecule has 0 heterocycles. The van der Waals surface area contributed by atoms with Gasteiger partial charge in [-0.05, 0) is 55.5 Å². The summed E-state index contributed by atoms with van der Waals surface area (Å²) >= 11 is 0. The average Bonchev–Trinajstić information content (AvgIpc) is 3.02. The molecule has 0 aliphatic heterocycles. The molecule has 2 aromatic rings. The first kappa shape index (κ1) is 14.5. The maximum atomic E-state index is 12.4. The molecule has 1 aliphatic rings. The molecular weight excluding hydrogens is 276 g/mol. The van der Waals surface area contributed by atoms with E-state index in [9.17, 15) is 9.59 Å². The summed E-state index contributed by atoms with van der Waals surface area (Å²) < 4.78 is 5.28. The Morgan fingerprint density at radius 2 is 1.68 bits per heavy atom. The van der Waals surface area contributed by atoms with Gasteiger partial charge in [0.05, 0.1) is 5.56 Å². The second-order valence-electron chi connectivity index (χ2n) is 5.61. The smallest absolute Gasteiger partial charge is 0.338 e. The van der Waals surface area contributed by atoms with Crippen molar-refractivity contribution in [3.05, 3.63) is 70.8 Å². The quantitative estimate of drug-likeness (QED) is 0.639. The number of ether oxygens (including phenoxy) is 1. The van der Waals surface area contributed by atoms with Gasteiger partial charge in [0.25, 0.3) is 0 Å². The van der Waals surface area contributed by atoms with Crippen LogP contribution in [0.25, 0.3) is 0 Å². The molecule has 2 aromatic carbocycles. The molecule has 112 valence electrons. The lowest BCUT2D eigenvalue weighted by molar-refractivity contribution is 0.0319. The molecule has 0 N–H and O–H groups in total. The van der Waals surface area contributed by atoms with Crippen molar-refractivity contribution in [2.45, 2.75) is 32.3 Å². The van der Waals surface area contributed by atoms with Crippen LogP contribution in [-0.2, 0) is 17.6 Å². The molecule has 1 aliphatic carbocycles. The fourth-order valence-electron chi connectivity index (χ4n) is 2.82. The van der Waals surface area contributed by atoms with E-state index in [-0.39, 0.29) is 5.78 Å². The van der Waals surface area contributed by atoms with Gasteiger partial charge in [-0.15, -0.1) is 0 Å². The van der Waals surface area contributed by atoms with Crippen molar-refractivity contribution in [1.82, 2.24) is 0 Å². The molecule has 0 bridgehead atoms. The van der Waals surface area contributed by atoms with Crippen LogP contribution >= 0.6 is 0 Å². The summed E-state index contributed by atoms with van der Waals surface area (Å²) in [4.78, 5) is 24.4. The molecule has 0 saturated carbocycles. The summed E-state index contributed by atoms with van der Waals surface area (Å²) in [7, 11) is 0. The van der Waals surface area contributed by atoms with Crippen LogP contribution in [0.15, 0.2) is 48.5 Å². The third-order valence-corrected chi connectivity index (χ3v) is 4.05. The number of hydrogen-bond acceptors (Lipinski definition) is 3. The summed E-state index contributed by atoms with van der Waals surface area (Å²) in [6.07, 6.45) is 2.47. The van der Waals surface area contributed by atoms with Crippen molar-refractivity contribution in [2.24, 2.45) is 0 Å². The summed E-state index contributed by atoms with van der Waals surface area (Å²) in [6.45, 7) is 1.62. The molecule has 22 heavy (non-hydrogen) atoms. The molecule has 0 spiro atoms. The van der Waals surface area contributed by atoms with Crippen LogP contribution in [0.1, 0.15) is 45.2 Å². The van der Waals surface area contributed by atoms with Crippen molar-refractivity contribution in [3.8, 4) is 0 Å². The van der Waals surface area contributed by atoms with E-state index in [1.54, 1.807) is 31.2 Å². The minimum Gasteiger partial charge on any atom is -0.451 e. The van der Waals surface area contributed by atoms with Gasteiger partial charge in [-0.3, -0.25) is 4.79 Å². The fraction of sp³-hybridized carbons (Fsp3) is 0.263. The zero-order valence-corrected chi connectivity index (χ0v) is 12.5. The lowest BCUT2D eigenvalue weighted by Gasteiger charge is -2.13. The van der Waals surface area contributed by atoms with Crippen LogP contribution in [0.3, 0.4) is 0 Å². The number of rotatable bonds is 4. The third-order valence-electron chi connectivity index (χ3n) is 4.05. The van der Waals surface area contributed by atoms with Crippen molar-refractivity contribution in [1.29, 1.82) is 0 Å². The molecule has 3 nitrogen and oxygen atoms in total. The van der Waals surface area contributed by atoms with Crippen molar-refractivity contribution in [3.63, 3.8) is 0 Å². The van der Waals surface area contributed by atoms with Crippen molar-refractivity contribution in [2.75, 3.05) is 0 Å². The van der Waals surface area contributed by atoms with Gasteiger partial charge in [0.1, 0.15) is 0 Å². The minimum atomic E-state index is -0.785. The zero-order chi connectivity index (χ0) is 15.5. The molecule has 1 atom stereocenters. The first-order valence-corrected chi connectivity index (χ1v) is 7.57. The number of carbonyl (C=O) groups excluding carboxylic acids is 2. The van der Waals surface area contributed by atoms with Gasteiger partial charge >= 0.3 is 5.97 Å².